The standard InChI is InChI=1S/C18H22.C12H18.C2H6.2CH4/c1-7-8-9-14(4)16(6)17-10-11-18(13(2)3)15(5)12-17;1-5-10-6-8-11(9-7-10)12(2,3)4;1-2;;/h7-12H,1-2H2,3-6H3;6-9H,5H2,1-4H3;1-2H3;2*1H4/b9-8-,16-14+;;;;. The molecule has 0 fully saturated rings. The molecule has 0 radical (unpaired) electrons. The Balaban J connectivity index is -0.000000528. The number of benzene rings is 2. The highest BCUT2D eigenvalue weighted by atomic mass is 14.2. The van der Waals surface area contributed by atoms with E-state index < -0.39 is 0 Å². The number of hydrogen-bond acceptors (Lipinski definition) is 0. The molecule has 2 rings (SSSR count). The summed E-state index contributed by atoms with van der Waals surface area (Å²) < 4.78 is 0. The Morgan fingerprint density at radius 2 is 1.44 bits per heavy atom. The van der Waals surface area contributed by atoms with Crippen LogP contribution in [0, 0.1) is 6.92 Å². The lowest BCUT2D eigenvalue weighted by atomic mass is 9.86. The molecule has 2 aromatic carbocycles. The van der Waals surface area contributed by atoms with Gasteiger partial charge in [0.1, 0.15) is 0 Å². The molecular formula is C34H54. The van der Waals surface area contributed by atoms with Crippen molar-refractivity contribution in [3.63, 3.8) is 0 Å². The lowest BCUT2D eigenvalue weighted by Gasteiger charge is -2.18. The van der Waals surface area contributed by atoms with Crippen LogP contribution in [0.1, 0.15) is 105 Å². The van der Waals surface area contributed by atoms with Gasteiger partial charge in [0.2, 0.25) is 0 Å². The Labute approximate surface area is 214 Å². The van der Waals surface area contributed by atoms with Gasteiger partial charge in [-0.15, -0.1) is 0 Å². The molecule has 0 heterocycles. The van der Waals surface area contributed by atoms with Crippen LogP contribution in [0.25, 0.3) is 11.1 Å². The SMILES string of the molecule is C.C.C=C/C=C\C(C)=C(/C)c1ccc(C(=C)C)c(C)c1.CC.CCc1ccc(C(C)(C)C)cc1. The molecule has 190 valence electrons. The van der Waals surface area contributed by atoms with Crippen molar-refractivity contribution in [3.05, 3.63) is 107 Å². The summed E-state index contributed by atoms with van der Waals surface area (Å²) in [7, 11) is 0. The van der Waals surface area contributed by atoms with Gasteiger partial charge in [0.25, 0.3) is 0 Å². The van der Waals surface area contributed by atoms with Gasteiger partial charge in [-0.05, 0) is 78.5 Å². The summed E-state index contributed by atoms with van der Waals surface area (Å²) in [6.07, 6.45) is 6.98. The Hall–Kier alpha value is -2.60. The minimum absolute atomic E-state index is 0. The smallest absolute Gasteiger partial charge is 0.0132 e. The molecule has 0 aliphatic heterocycles. The highest BCUT2D eigenvalue weighted by Gasteiger charge is 2.12. The Morgan fingerprint density at radius 1 is 0.912 bits per heavy atom. The molecule has 0 aliphatic carbocycles. The van der Waals surface area contributed by atoms with Crippen molar-refractivity contribution >= 4 is 11.1 Å². The lowest BCUT2D eigenvalue weighted by Crippen LogP contribution is -2.10. The van der Waals surface area contributed by atoms with Gasteiger partial charge < -0.3 is 0 Å². The molecule has 0 nitrogen and oxygen atoms in total. The zero-order chi connectivity index (χ0) is 24.9. The van der Waals surface area contributed by atoms with Gasteiger partial charge >= 0.3 is 0 Å². The normalized spacial score (nSPS) is 10.9. The maximum absolute atomic E-state index is 4.00. The molecule has 0 heteroatoms. The summed E-state index contributed by atoms with van der Waals surface area (Å²) in [5, 5.41) is 0. The predicted molar refractivity (Wildman–Crippen MR) is 163 cm³/mol. The molecule has 34 heavy (non-hydrogen) atoms. The van der Waals surface area contributed by atoms with Crippen LogP contribution < -0.4 is 0 Å². The van der Waals surface area contributed by atoms with E-state index in [1.807, 2.05) is 26.8 Å². The quantitative estimate of drug-likeness (QED) is 0.387. The molecule has 0 unspecified atom stereocenters. The Bertz CT molecular complexity index is 910. The van der Waals surface area contributed by atoms with Crippen molar-refractivity contribution in [2.45, 2.75) is 95.9 Å². The molecule has 0 aliphatic rings. The van der Waals surface area contributed by atoms with Crippen LogP contribution in [0.3, 0.4) is 0 Å². The topological polar surface area (TPSA) is 0 Å². The van der Waals surface area contributed by atoms with E-state index >= 15 is 0 Å². The first-order valence-electron chi connectivity index (χ1n) is 11.8. The van der Waals surface area contributed by atoms with Gasteiger partial charge in [0.05, 0.1) is 0 Å². The van der Waals surface area contributed by atoms with Crippen molar-refractivity contribution in [1.29, 1.82) is 0 Å². The van der Waals surface area contributed by atoms with Crippen LogP contribution in [0.2, 0.25) is 0 Å². The first-order valence-corrected chi connectivity index (χ1v) is 11.8. The van der Waals surface area contributed by atoms with Crippen molar-refractivity contribution in [2.75, 3.05) is 0 Å². The van der Waals surface area contributed by atoms with E-state index in [1.165, 1.54) is 39.0 Å². The molecule has 0 amide bonds. The van der Waals surface area contributed by atoms with E-state index in [4.69, 9.17) is 0 Å². The summed E-state index contributed by atoms with van der Waals surface area (Å²) >= 11 is 0. The van der Waals surface area contributed by atoms with Gasteiger partial charge in [0, 0.05) is 0 Å². The fourth-order valence-electron chi connectivity index (χ4n) is 3.18. The Morgan fingerprint density at radius 3 is 1.82 bits per heavy atom. The van der Waals surface area contributed by atoms with Gasteiger partial charge in [-0.25, -0.2) is 0 Å². The molecule has 0 N–H and O–H groups in total. The zero-order valence-electron chi connectivity index (χ0n) is 22.4. The highest BCUT2D eigenvalue weighted by molar-refractivity contribution is 5.73. The van der Waals surface area contributed by atoms with E-state index in [1.54, 1.807) is 6.08 Å². The van der Waals surface area contributed by atoms with E-state index in [9.17, 15) is 0 Å². The number of hydrogen-bond donors (Lipinski definition) is 0. The lowest BCUT2D eigenvalue weighted by molar-refractivity contribution is 0.590. The summed E-state index contributed by atoms with van der Waals surface area (Å²) in [6, 6.07) is 15.5. The monoisotopic (exact) mass is 462 g/mol. The van der Waals surface area contributed by atoms with Crippen LogP contribution in [0.5, 0.6) is 0 Å². The van der Waals surface area contributed by atoms with Crippen LogP contribution in [-0.2, 0) is 11.8 Å². The largest absolute Gasteiger partial charge is 0.0991 e. The Kier molecular flexibility index (Phi) is 18.9. The average molecular weight is 463 g/mol. The molecule has 0 bridgehead atoms. The van der Waals surface area contributed by atoms with E-state index in [2.05, 4.69) is 110 Å². The molecule has 0 aromatic heterocycles. The van der Waals surface area contributed by atoms with Crippen LogP contribution in [0.15, 0.2) is 79.4 Å². The number of aryl methyl sites for hydroxylation is 2. The number of allylic oxidation sites excluding steroid dienone is 6. The first-order chi connectivity index (χ1) is 15.0. The number of rotatable bonds is 5. The maximum atomic E-state index is 4.00. The van der Waals surface area contributed by atoms with Gasteiger partial charge in [-0.2, -0.15) is 0 Å². The van der Waals surface area contributed by atoms with Crippen molar-refractivity contribution in [2.24, 2.45) is 0 Å². The maximum Gasteiger partial charge on any atom is -0.0132 e. The van der Waals surface area contributed by atoms with Gasteiger partial charge in [0.15, 0.2) is 0 Å². The minimum Gasteiger partial charge on any atom is -0.0991 e. The van der Waals surface area contributed by atoms with Crippen molar-refractivity contribution in [3.8, 4) is 0 Å². The highest BCUT2D eigenvalue weighted by Crippen LogP contribution is 2.24. The van der Waals surface area contributed by atoms with E-state index in [0.29, 0.717) is 0 Å². The fourth-order valence-corrected chi connectivity index (χ4v) is 3.18. The van der Waals surface area contributed by atoms with Crippen LogP contribution in [-0.4, -0.2) is 0 Å². The summed E-state index contributed by atoms with van der Waals surface area (Å²) in [4.78, 5) is 0. The zero-order valence-corrected chi connectivity index (χ0v) is 22.4. The first kappa shape index (κ1) is 36.0. The van der Waals surface area contributed by atoms with Gasteiger partial charge in [-0.1, -0.05) is 136 Å². The minimum atomic E-state index is 0. The second-order valence-electron chi connectivity index (χ2n) is 9.01. The summed E-state index contributed by atoms with van der Waals surface area (Å²) in [6.45, 7) is 29.1. The summed E-state index contributed by atoms with van der Waals surface area (Å²) in [5.41, 5.74) is 10.6. The molecular weight excluding hydrogens is 408 g/mol. The summed E-state index contributed by atoms with van der Waals surface area (Å²) in [5.74, 6) is 0. The van der Waals surface area contributed by atoms with Crippen LogP contribution >= 0.6 is 0 Å². The van der Waals surface area contributed by atoms with Crippen LogP contribution in [0.4, 0.5) is 0 Å². The molecule has 0 atom stereocenters. The third kappa shape index (κ3) is 12.0. The third-order valence-corrected chi connectivity index (χ3v) is 5.42. The average Bonchev–Trinajstić information content (AvgIpc) is 2.77. The molecule has 0 saturated carbocycles. The molecule has 2 aromatic rings. The van der Waals surface area contributed by atoms with Crippen molar-refractivity contribution < 1.29 is 0 Å². The predicted octanol–water partition coefficient (Wildman–Crippen LogP) is 11.4. The van der Waals surface area contributed by atoms with Crippen molar-refractivity contribution in [1.82, 2.24) is 0 Å². The third-order valence-electron chi connectivity index (χ3n) is 5.42. The fraction of sp³-hybridized carbons (Fsp3) is 0.412. The van der Waals surface area contributed by atoms with Gasteiger partial charge in [-0.3, -0.25) is 0 Å². The van der Waals surface area contributed by atoms with E-state index in [0.717, 1.165) is 12.0 Å². The molecule has 0 spiro atoms. The van der Waals surface area contributed by atoms with E-state index in [-0.39, 0.29) is 20.3 Å². The second kappa shape index (κ2) is 17.8. The molecule has 0 saturated heterocycles. The second-order valence-corrected chi connectivity index (χ2v) is 9.01.